The molecular formula is C12H23ClO7P2+2. The van der Waals surface area contributed by atoms with Gasteiger partial charge >= 0.3 is 16.5 Å². The topological polar surface area (TPSA) is 80.3 Å². The van der Waals surface area contributed by atoms with Crippen LogP contribution in [0.4, 0.5) is 0 Å². The van der Waals surface area contributed by atoms with Crippen molar-refractivity contribution in [1.29, 1.82) is 0 Å². The Morgan fingerprint density at radius 3 is 2.00 bits per heavy atom. The van der Waals surface area contributed by atoms with Crippen LogP contribution in [0, 0.1) is 0 Å². The van der Waals surface area contributed by atoms with Crippen LogP contribution in [-0.2, 0) is 32.0 Å². The molecule has 3 atom stereocenters. The van der Waals surface area contributed by atoms with Gasteiger partial charge in [-0.1, -0.05) is 29.0 Å². The Hall–Kier alpha value is 0.0300. The molecule has 0 aromatic heterocycles. The van der Waals surface area contributed by atoms with E-state index in [1.807, 2.05) is 13.8 Å². The molecule has 7 nitrogen and oxygen atoms in total. The van der Waals surface area contributed by atoms with E-state index >= 15 is 0 Å². The molecule has 3 unspecified atom stereocenters. The van der Waals surface area contributed by atoms with E-state index in [-0.39, 0.29) is 26.4 Å². The summed E-state index contributed by atoms with van der Waals surface area (Å²) in [5.41, 5.74) is 0. The molecule has 0 radical (unpaired) electrons. The van der Waals surface area contributed by atoms with Gasteiger partial charge in [0.2, 0.25) is 0 Å². The lowest BCUT2D eigenvalue weighted by Crippen LogP contribution is -2.28. The van der Waals surface area contributed by atoms with Gasteiger partial charge in [-0.25, -0.2) is 0 Å². The third kappa shape index (κ3) is 11.6. The predicted molar refractivity (Wildman–Crippen MR) is 84.3 cm³/mol. The van der Waals surface area contributed by atoms with Gasteiger partial charge in [0.15, 0.2) is 0 Å². The van der Waals surface area contributed by atoms with Crippen molar-refractivity contribution >= 4 is 28.1 Å². The summed E-state index contributed by atoms with van der Waals surface area (Å²) < 4.78 is 48.3. The Labute approximate surface area is 138 Å². The number of ether oxygens (including phenoxy) is 1. The molecule has 0 saturated heterocycles. The normalized spacial score (nSPS) is 15.2. The van der Waals surface area contributed by atoms with Gasteiger partial charge in [-0.05, 0) is 12.8 Å². The highest BCUT2D eigenvalue weighted by Gasteiger charge is 2.41. The lowest BCUT2D eigenvalue weighted by Gasteiger charge is -2.11. The molecule has 0 aromatic rings. The molecule has 0 rings (SSSR count). The maximum atomic E-state index is 11.6. The number of alkyl halides is 1. The molecule has 0 aliphatic rings. The van der Waals surface area contributed by atoms with Crippen LogP contribution in [-0.4, -0.2) is 38.1 Å². The van der Waals surface area contributed by atoms with Gasteiger partial charge in [-0.3, -0.25) is 0 Å². The average Bonchev–Trinajstić information content (AvgIpc) is 2.50. The average molecular weight is 377 g/mol. The standard InChI is InChI=1S/C12H23ClO7P2/c1-4-7-16-10-11(13)12(19-21(14)17-8-5-2)20-22(15)18-9-6-3/h4,11-12H,1,5-10H2,2-3H3/q+2. The van der Waals surface area contributed by atoms with Crippen molar-refractivity contribution in [3.63, 3.8) is 0 Å². The number of hydrogen-bond acceptors (Lipinski definition) is 7. The van der Waals surface area contributed by atoms with Gasteiger partial charge in [0.05, 0.1) is 13.2 Å². The minimum absolute atomic E-state index is 0.0339. The maximum Gasteiger partial charge on any atom is 0.700 e. The molecule has 0 aromatic carbocycles. The van der Waals surface area contributed by atoms with E-state index < -0.39 is 28.2 Å². The quantitative estimate of drug-likeness (QED) is 0.138. The van der Waals surface area contributed by atoms with Crippen molar-refractivity contribution in [3.05, 3.63) is 12.7 Å². The summed E-state index contributed by atoms with van der Waals surface area (Å²) in [6, 6.07) is 0. The van der Waals surface area contributed by atoms with Crippen LogP contribution in [0.5, 0.6) is 0 Å². The molecule has 0 heterocycles. The summed E-state index contributed by atoms with van der Waals surface area (Å²) >= 11 is 6.06. The first-order valence-corrected chi connectivity index (χ1v) is 9.54. The molecule has 0 fully saturated rings. The second-order valence-electron chi connectivity index (χ2n) is 4.03. The van der Waals surface area contributed by atoms with E-state index in [9.17, 15) is 9.13 Å². The number of halogens is 1. The maximum absolute atomic E-state index is 11.6. The third-order valence-corrected chi connectivity index (χ3v) is 3.87. The second kappa shape index (κ2) is 14.6. The lowest BCUT2D eigenvalue weighted by molar-refractivity contribution is -0.0244. The fourth-order valence-corrected chi connectivity index (χ4v) is 2.96. The second-order valence-corrected chi connectivity index (χ2v) is 6.43. The number of hydrogen-bond donors (Lipinski definition) is 0. The minimum Gasteiger partial charge on any atom is -0.376 e. The number of rotatable bonds is 15. The minimum atomic E-state index is -2.44. The molecular weight excluding hydrogens is 354 g/mol. The molecule has 0 aliphatic carbocycles. The largest absolute Gasteiger partial charge is 0.700 e. The Morgan fingerprint density at radius 1 is 1.09 bits per heavy atom. The highest BCUT2D eigenvalue weighted by atomic mass is 35.5. The molecule has 10 heteroatoms. The van der Waals surface area contributed by atoms with Gasteiger partial charge in [0.25, 0.3) is 6.29 Å². The van der Waals surface area contributed by atoms with Gasteiger partial charge in [-0.15, -0.1) is 27.2 Å². The zero-order chi connectivity index (χ0) is 16.8. The van der Waals surface area contributed by atoms with E-state index in [0.29, 0.717) is 12.8 Å². The monoisotopic (exact) mass is 376 g/mol. The van der Waals surface area contributed by atoms with Crippen molar-refractivity contribution in [3.8, 4) is 0 Å². The Morgan fingerprint density at radius 2 is 1.59 bits per heavy atom. The first-order valence-electron chi connectivity index (χ1n) is 6.91. The molecule has 0 saturated carbocycles. The van der Waals surface area contributed by atoms with E-state index in [4.69, 9.17) is 34.4 Å². The Bertz CT molecular complexity index is 321. The van der Waals surface area contributed by atoms with Crippen LogP contribution in [0.25, 0.3) is 0 Å². The molecule has 0 spiro atoms. The smallest absolute Gasteiger partial charge is 0.376 e. The van der Waals surface area contributed by atoms with E-state index in [1.165, 1.54) is 0 Å². The van der Waals surface area contributed by atoms with Crippen molar-refractivity contribution in [1.82, 2.24) is 0 Å². The molecule has 128 valence electrons. The van der Waals surface area contributed by atoms with Crippen molar-refractivity contribution < 1.29 is 32.0 Å². The summed E-state index contributed by atoms with van der Waals surface area (Å²) in [6.45, 7) is 8.07. The Kier molecular flexibility index (Phi) is 14.6. The summed E-state index contributed by atoms with van der Waals surface area (Å²) in [5, 5.41) is -0.840. The summed E-state index contributed by atoms with van der Waals surface area (Å²) in [4.78, 5) is 0. The van der Waals surface area contributed by atoms with Crippen LogP contribution in [0.1, 0.15) is 26.7 Å². The fraction of sp³-hybridized carbons (Fsp3) is 0.833. The Balaban J connectivity index is 4.49. The molecule has 0 amide bonds. The molecule has 0 N–H and O–H groups in total. The first-order chi connectivity index (χ1) is 10.5. The van der Waals surface area contributed by atoms with Gasteiger partial charge in [0.1, 0.15) is 18.6 Å². The zero-order valence-corrected chi connectivity index (χ0v) is 15.4. The SMILES string of the molecule is C=CCOCC(Cl)C(O[P+](=O)OCCC)O[P+](=O)OCCC. The van der Waals surface area contributed by atoms with Crippen LogP contribution in [0.3, 0.4) is 0 Å². The lowest BCUT2D eigenvalue weighted by atomic mass is 10.4. The van der Waals surface area contributed by atoms with Crippen LogP contribution >= 0.6 is 28.1 Å². The predicted octanol–water partition coefficient (Wildman–Crippen LogP) is 4.32. The first kappa shape index (κ1) is 22.0. The highest BCUT2D eigenvalue weighted by molar-refractivity contribution is 7.34. The van der Waals surface area contributed by atoms with Crippen LogP contribution < -0.4 is 0 Å². The third-order valence-electron chi connectivity index (χ3n) is 1.99. The van der Waals surface area contributed by atoms with Crippen molar-refractivity contribution in [2.24, 2.45) is 0 Å². The van der Waals surface area contributed by atoms with Gasteiger partial charge in [-0.2, -0.15) is 0 Å². The summed E-state index contributed by atoms with van der Waals surface area (Å²) in [6.07, 6.45) is 1.66. The van der Waals surface area contributed by atoms with E-state index in [2.05, 4.69) is 6.58 Å². The van der Waals surface area contributed by atoms with Crippen LogP contribution in [0.2, 0.25) is 0 Å². The molecule has 22 heavy (non-hydrogen) atoms. The molecule has 0 aliphatic heterocycles. The van der Waals surface area contributed by atoms with Gasteiger partial charge in [0, 0.05) is 9.13 Å². The van der Waals surface area contributed by atoms with Crippen LogP contribution in [0.15, 0.2) is 12.7 Å². The van der Waals surface area contributed by atoms with E-state index in [0.717, 1.165) is 0 Å². The van der Waals surface area contributed by atoms with Gasteiger partial charge < -0.3 is 4.74 Å². The van der Waals surface area contributed by atoms with E-state index in [1.54, 1.807) is 6.08 Å². The van der Waals surface area contributed by atoms with Crippen molar-refractivity contribution in [2.75, 3.05) is 26.4 Å². The summed E-state index contributed by atoms with van der Waals surface area (Å²) in [7, 11) is -4.88. The van der Waals surface area contributed by atoms with Crippen molar-refractivity contribution in [2.45, 2.75) is 38.4 Å². The highest BCUT2D eigenvalue weighted by Crippen LogP contribution is 2.35. The fourth-order valence-electron chi connectivity index (χ4n) is 1.06. The summed E-state index contributed by atoms with van der Waals surface area (Å²) in [5.74, 6) is 0. The zero-order valence-electron chi connectivity index (χ0n) is 12.8. The molecule has 0 bridgehead atoms.